The fraction of sp³-hybridized carbons (Fsp3) is 0.286. The molecule has 0 heterocycles. The lowest BCUT2D eigenvalue weighted by Crippen LogP contribution is -1.87. The fourth-order valence-corrected chi connectivity index (χ4v) is 1.98. The predicted molar refractivity (Wildman–Crippen MR) is 62.8 cm³/mol. The molecule has 0 radical (unpaired) electrons. The third-order valence-electron chi connectivity index (χ3n) is 2.86. The summed E-state index contributed by atoms with van der Waals surface area (Å²) in [4.78, 5) is 0. The largest absolute Gasteiger partial charge is 0.0613 e. The molecule has 72 valence electrons. The fourth-order valence-electron chi connectivity index (χ4n) is 1.98. The average molecular weight is 184 g/mol. The van der Waals surface area contributed by atoms with E-state index < -0.39 is 0 Å². The second-order valence-corrected chi connectivity index (χ2v) is 3.94. The summed E-state index contributed by atoms with van der Waals surface area (Å²) < 4.78 is 0. The number of hydrogen-bond acceptors (Lipinski definition) is 0. The van der Waals surface area contributed by atoms with Gasteiger partial charge in [-0.05, 0) is 42.2 Å². The minimum absolute atomic E-state index is 1.11. The van der Waals surface area contributed by atoms with Crippen LogP contribution in [0.3, 0.4) is 0 Å². The van der Waals surface area contributed by atoms with Crippen LogP contribution in [0.5, 0.6) is 0 Å². The topological polar surface area (TPSA) is 0 Å². The van der Waals surface area contributed by atoms with Gasteiger partial charge in [0.05, 0.1) is 0 Å². The van der Waals surface area contributed by atoms with Crippen molar-refractivity contribution in [3.05, 3.63) is 47.0 Å². The van der Waals surface area contributed by atoms with Gasteiger partial charge in [0, 0.05) is 0 Å². The lowest BCUT2D eigenvalue weighted by atomic mass is 9.97. The zero-order chi connectivity index (χ0) is 10.1. The van der Waals surface area contributed by atoms with E-state index >= 15 is 0 Å². The third kappa shape index (κ3) is 1.41. The molecule has 0 nitrogen and oxygen atoms in total. The third-order valence-corrected chi connectivity index (χ3v) is 2.86. The van der Waals surface area contributed by atoms with Crippen LogP contribution in [0, 0.1) is 13.8 Å². The number of aryl methyl sites for hydroxylation is 3. The molecule has 0 spiro atoms. The monoisotopic (exact) mass is 184 g/mol. The maximum Gasteiger partial charge on any atom is -0.0147 e. The van der Waals surface area contributed by atoms with Gasteiger partial charge < -0.3 is 0 Å². The van der Waals surface area contributed by atoms with E-state index in [9.17, 15) is 0 Å². The van der Waals surface area contributed by atoms with Gasteiger partial charge in [0.2, 0.25) is 0 Å². The smallest absolute Gasteiger partial charge is 0.0147 e. The minimum Gasteiger partial charge on any atom is -0.0613 e. The van der Waals surface area contributed by atoms with Crippen molar-refractivity contribution in [1.82, 2.24) is 0 Å². The summed E-state index contributed by atoms with van der Waals surface area (Å²) in [6, 6.07) is 11.2. The molecule has 0 N–H and O–H groups in total. The Labute approximate surface area is 85.6 Å². The number of hydrogen-bond donors (Lipinski definition) is 0. The van der Waals surface area contributed by atoms with Crippen LogP contribution < -0.4 is 0 Å². The van der Waals surface area contributed by atoms with Crippen molar-refractivity contribution in [1.29, 1.82) is 0 Å². The SMILES string of the molecule is CCc1ccc(C)c2ccc(C)cc12. The quantitative estimate of drug-likeness (QED) is 0.628. The summed E-state index contributed by atoms with van der Waals surface area (Å²) in [5.41, 5.74) is 4.17. The van der Waals surface area contributed by atoms with Crippen LogP contribution in [-0.2, 0) is 6.42 Å². The number of benzene rings is 2. The Morgan fingerprint density at radius 3 is 2.43 bits per heavy atom. The zero-order valence-corrected chi connectivity index (χ0v) is 9.09. The molecule has 0 unspecified atom stereocenters. The van der Waals surface area contributed by atoms with Gasteiger partial charge in [-0.2, -0.15) is 0 Å². The van der Waals surface area contributed by atoms with Crippen molar-refractivity contribution < 1.29 is 0 Å². The summed E-state index contributed by atoms with van der Waals surface area (Å²) in [5.74, 6) is 0. The molecule has 0 atom stereocenters. The van der Waals surface area contributed by atoms with Gasteiger partial charge in [-0.15, -0.1) is 0 Å². The molecule has 0 amide bonds. The van der Waals surface area contributed by atoms with Crippen LogP contribution in [0.2, 0.25) is 0 Å². The molecule has 0 aliphatic heterocycles. The van der Waals surface area contributed by atoms with Gasteiger partial charge in [-0.1, -0.05) is 42.8 Å². The van der Waals surface area contributed by atoms with Crippen LogP contribution in [0.1, 0.15) is 23.6 Å². The molecule has 2 rings (SSSR count). The van der Waals surface area contributed by atoms with E-state index in [1.54, 1.807) is 0 Å². The van der Waals surface area contributed by atoms with Gasteiger partial charge in [0.1, 0.15) is 0 Å². The first-order valence-electron chi connectivity index (χ1n) is 5.21. The first-order valence-corrected chi connectivity index (χ1v) is 5.21. The van der Waals surface area contributed by atoms with Gasteiger partial charge in [-0.3, -0.25) is 0 Å². The highest BCUT2D eigenvalue weighted by Crippen LogP contribution is 2.23. The van der Waals surface area contributed by atoms with Crippen molar-refractivity contribution in [2.45, 2.75) is 27.2 Å². The molecular weight excluding hydrogens is 168 g/mol. The van der Waals surface area contributed by atoms with Crippen molar-refractivity contribution in [2.24, 2.45) is 0 Å². The predicted octanol–water partition coefficient (Wildman–Crippen LogP) is 4.02. The van der Waals surface area contributed by atoms with Gasteiger partial charge in [-0.25, -0.2) is 0 Å². The Morgan fingerprint density at radius 1 is 0.929 bits per heavy atom. The number of rotatable bonds is 1. The lowest BCUT2D eigenvalue weighted by Gasteiger charge is -2.08. The van der Waals surface area contributed by atoms with E-state index in [-0.39, 0.29) is 0 Å². The van der Waals surface area contributed by atoms with Crippen LogP contribution in [0.25, 0.3) is 10.8 Å². The normalized spacial score (nSPS) is 10.8. The van der Waals surface area contributed by atoms with E-state index in [0.717, 1.165) is 6.42 Å². The minimum atomic E-state index is 1.11. The lowest BCUT2D eigenvalue weighted by molar-refractivity contribution is 1.16. The van der Waals surface area contributed by atoms with E-state index in [2.05, 4.69) is 51.1 Å². The Kier molecular flexibility index (Phi) is 2.28. The maximum atomic E-state index is 2.29. The number of fused-ring (bicyclic) bond motifs is 1. The van der Waals surface area contributed by atoms with Gasteiger partial charge >= 0.3 is 0 Å². The first kappa shape index (κ1) is 9.26. The Balaban J connectivity index is 2.85. The van der Waals surface area contributed by atoms with Crippen LogP contribution >= 0.6 is 0 Å². The van der Waals surface area contributed by atoms with E-state index in [4.69, 9.17) is 0 Å². The van der Waals surface area contributed by atoms with Crippen LogP contribution in [-0.4, -0.2) is 0 Å². The molecule has 2 aromatic carbocycles. The Hall–Kier alpha value is -1.30. The molecule has 0 saturated heterocycles. The highest BCUT2D eigenvalue weighted by atomic mass is 14.1. The average Bonchev–Trinajstić information content (AvgIpc) is 2.18. The Morgan fingerprint density at radius 2 is 1.71 bits per heavy atom. The summed E-state index contributed by atoms with van der Waals surface area (Å²) in [7, 11) is 0. The molecule has 0 aliphatic carbocycles. The molecule has 0 aliphatic rings. The summed E-state index contributed by atoms with van der Waals surface area (Å²) in [6.07, 6.45) is 1.11. The first-order chi connectivity index (χ1) is 6.72. The van der Waals surface area contributed by atoms with Crippen LogP contribution in [0.4, 0.5) is 0 Å². The Bertz CT molecular complexity index is 467. The summed E-state index contributed by atoms with van der Waals surface area (Å²) in [5, 5.41) is 2.82. The highest BCUT2D eigenvalue weighted by molar-refractivity contribution is 5.89. The van der Waals surface area contributed by atoms with Crippen LogP contribution in [0.15, 0.2) is 30.3 Å². The highest BCUT2D eigenvalue weighted by Gasteiger charge is 2.01. The molecule has 0 heteroatoms. The molecule has 0 bridgehead atoms. The maximum absolute atomic E-state index is 2.29. The van der Waals surface area contributed by atoms with Gasteiger partial charge in [0.25, 0.3) is 0 Å². The van der Waals surface area contributed by atoms with E-state index in [1.165, 1.54) is 27.5 Å². The van der Waals surface area contributed by atoms with Gasteiger partial charge in [0.15, 0.2) is 0 Å². The second-order valence-electron chi connectivity index (χ2n) is 3.94. The molecule has 0 fully saturated rings. The summed E-state index contributed by atoms with van der Waals surface area (Å²) >= 11 is 0. The molecular formula is C14H16. The zero-order valence-electron chi connectivity index (χ0n) is 9.09. The molecule has 14 heavy (non-hydrogen) atoms. The van der Waals surface area contributed by atoms with Crippen molar-refractivity contribution in [3.63, 3.8) is 0 Å². The van der Waals surface area contributed by atoms with Crippen molar-refractivity contribution in [3.8, 4) is 0 Å². The second kappa shape index (κ2) is 3.45. The van der Waals surface area contributed by atoms with E-state index in [0.29, 0.717) is 0 Å². The molecule has 0 saturated carbocycles. The molecule has 0 aromatic heterocycles. The van der Waals surface area contributed by atoms with E-state index in [1.807, 2.05) is 0 Å². The standard InChI is InChI=1S/C14H16/c1-4-12-7-6-11(3)13-8-5-10(2)9-14(12)13/h5-9H,4H2,1-3H3. The summed E-state index contributed by atoms with van der Waals surface area (Å²) in [6.45, 7) is 6.55. The molecule has 2 aromatic rings. The van der Waals surface area contributed by atoms with Crippen molar-refractivity contribution >= 4 is 10.8 Å². The van der Waals surface area contributed by atoms with Crippen molar-refractivity contribution in [2.75, 3.05) is 0 Å².